The van der Waals surface area contributed by atoms with Crippen molar-refractivity contribution in [3.8, 4) is 33.4 Å². The number of hydrogen-bond acceptors (Lipinski definition) is 1. The van der Waals surface area contributed by atoms with E-state index in [9.17, 15) is 0 Å². The van der Waals surface area contributed by atoms with E-state index >= 15 is 0 Å². The highest BCUT2D eigenvalue weighted by Gasteiger charge is 2.47. The molecule has 0 heterocycles. The van der Waals surface area contributed by atoms with Crippen LogP contribution in [0.4, 0.5) is 17.1 Å². The van der Waals surface area contributed by atoms with Crippen LogP contribution in [0.25, 0.3) is 54.9 Å². The molecule has 11 aromatic carbocycles. The summed E-state index contributed by atoms with van der Waals surface area (Å²) in [6, 6.07) is 94.8. The highest BCUT2D eigenvalue weighted by Crippen LogP contribution is 2.60. The molecule has 1 nitrogen and oxygen atoms in total. The minimum Gasteiger partial charge on any atom is -0.310 e. The maximum absolute atomic E-state index is 2.51. The Labute approximate surface area is 386 Å². The van der Waals surface area contributed by atoms with Crippen molar-refractivity contribution in [2.24, 2.45) is 0 Å². The van der Waals surface area contributed by atoms with Gasteiger partial charge in [0.25, 0.3) is 0 Å². The molecular weight excluding hydrogens is 795 g/mol. The first-order valence-electron chi connectivity index (χ1n) is 23.1. The molecule has 0 spiro atoms. The standard InChI is InChI=1S/C65H45N/c1-64(48-19-5-2-6-20-48)58-28-15-13-26-55(58)57-43-52(39-41-59(57)64)66(51-37-34-44(35-38-51)46-36-40-54-47(42-46)33-32-45-18-11-12-25-53(45)54)62-31-17-30-61-63(62)56-27-14-16-29-60(56)65(61,49-21-7-3-8-22-49)50-23-9-4-10-24-50/h2-43H,1H3. The Morgan fingerprint density at radius 2 is 0.864 bits per heavy atom. The Hall–Kier alpha value is -8.26. The van der Waals surface area contributed by atoms with Crippen molar-refractivity contribution in [3.05, 3.63) is 294 Å². The zero-order valence-electron chi connectivity index (χ0n) is 36.7. The van der Waals surface area contributed by atoms with Gasteiger partial charge in [0.05, 0.1) is 11.1 Å². The third kappa shape index (κ3) is 5.53. The topological polar surface area (TPSA) is 3.24 Å². The van der Waals surface area contributed by atoms with Gasteiger partial charge in [0.15, 0.2) is 0 Å². The van der Waals surface area contributed by atoms with Crippen LogP contribution in [0.15, 0.2) is 255 Å². The molecule has 1 unspecified atom stereocenters. The van der Waals surface area contributed by atoms with Gasteiger partial charge in [-0.15, -0.1) is 0 Å². The lowest BCUT2D eigenvalue weighted by Gasteiger charge is -2.34. The van der Waals surface area contributed by atoms with E-state index in [4.69, 9.17) is 0 Å². The average Bonchev–Trinajstić information content (AvgIpc) is 3.84. The van der Waals surface area contributed by atoms with Gasteiger partial charge in [0.1, 0.15) is 0 Å². The maximum Gasteiger partial charge on any atom is 0.0714 e. The number of benzene rings is 11. The third-order valence-corrected chi connectivity index (χ3v) is 14.8. The predicted molar refractivity (Wildman–Crippen MR) is 276 cm³/mol. The Morgan fingerprint density at radius 1 is 0.318 bits per heavy atom. The predicted octanol–water partition coefficient (Wildman–Crippen LogP) is 16.8. The summed E-state index contributed by atoms with van der Waals surface area (Å²) in [5.74, 6) is 0. The van der Waals surface area contributed by atoms with Gasteiger partial charge in [0.2, 0.25) is 0 Å². The van der Waals surface area contributed by atoms with Crippen molar-refractivity contribution in [3.63, 3.8) is 0 Å². The highest BCUT2D eigenvalue weighted by molar-refractivity contribution is 6.08. The monoisotopic (exact) mass is 839 g/mol. The van der Waals surface area contributed by atoms with Crippen LogP contribution in [0.2, 0.25) is 0 Å². The van der Waals surface area contributed by atoms with Gasteiger partial charge in [0, 0.05) is 22.4 Å². The third-order valence-electron chi connectivity index (χ3n) is 14.8. The number of fused-ring (bicyclic) bond motifs is 9. The minimum absolute atomic E-state index is 0.289. The largest absolute Gasteiger partial charge is 0.310 e. The fourth-order valence-electron chi connectivity index (χ4n) is 11.8. The summed E-state index contributed by atoms with van der Waals surface area (Å²) in [5, 5.41) is 5.08. The van der Waals surface area contributed by atoms with Crippen LogP contribution < -0.4 is 4.90 Å². The molecular formula is C65H45N. The van der Waals surface area contributed by atoms with Crippen LogP contribution in [0.5, 0.6) is 0 Å². The van der Waals surface area contributed by atoms with E-state index < -0.39 is 5.41 Å². The molecule has 1 heteroatoms. The fraction of sp³-hybridized carbons (Fsp3) is 0.0462. The van der Waals surface area contributed by atoms with E-state index in [1.165, 1.54) is 93.9 Å². The van der Waals surface area contributed by atoms with E-state index in [1.807, 2.05) is 0 Å². The van der Waals surface area contributed by atoms with E-state index in [0.29, 0.717) is 0 Å². The summed E-state index contributed by atoms with van der Waals surface area (Å²) in [5.41, 5.74) is 19.1. The van der Waals surface area contributed by atoms with Gasteiger partial charge in [-0.05, 0) is 132 Å². The molecule has 66 heavy (non-hydrogen) atoms. The zero-order valence-corrected chi connectivity index (χ0v) is 36.7. The Bertz CT molecular complexity index is 3610. The lowest BCUT2D eigenvalue weighted by atomic mass is 9.68. The first-order chi connectivity index (χ1) is 32.6. The molecule has 0 aliphatic heterocycles. The van der Waals surface area contributed by atoms with Crippen LogP contribution >= 0.6 is 0 Å². The van der Waals surface area contributed by atoms with Crippen molar-refractivity contribution >= 4 is 38.6 Å². The minimum atomic E-state index is -0.518. The smallest absolute Gasteiger partial charge is 0.0714 e. The lowest BCUT2D eigenvalue weighted by Crippen LogP contribution is -2.28. The molecule has 13 rings (SSSR count). The van der Waals surface area contributed by atoms with Crippen LogP contribution in [0.3, 0.4) is 0 Å². The van der Waals surface area contributed by atoms with Crippen molar-refractivity contribution in [1.82, 2.24) is 0 Å². The second-order valence-electron chi connectivity index (χ2n) is 18.1. The number of rotatable bonds is 7. The second-order valence-corrected chi connectivity index (χ2v) is 18.1. The summed E-state index contributed by atoms with van der Waals surface area (Å²) in [6.45, 7) is 2.40. The van der Waals surface area contributed by atoms with Crippen LogP contribution in [0.1, 0.15) is 45.9 Å². The maximum atomic E-state index is 2.51. The van der Waals surface area contributed by atoms with Crippen molar-refractivity contribution < 1.29 is 0 Å². The fourth-order valence-corrected chi connectivity index (χ4v) is 11.8. The molecule has 0 bridgehead atoms. The zero-order chi connectivity index (χ0) is 43.8. The number of nitrogens with zero attached hydrogens (tertiary/aromatic N) is 1. The van der Waals surface area contributed by atoms with E-state index in [0.717, 1.165) is 17.1 Å². The lowest BCUT2D eigenvalue weighted by molar-refractivity contribution is 0.714. The van der Waals surface area contributed by atoms with Gasteiger partial charge in [-0.1, -0.05) is 218 Å². The van der Waals surface area contributed by atoms with E-state index in [-0.39, 0.29) is 5.41 Å². The van der Waals surface area contributed by atoms with E-state index in [2.05, 4.69) is 267 Å². The normalized spacial score (nSPS) is 15.2. The van der Waals surface area contributed by atoms with Gasteiger partial charge in [-0.3, -0.25) is 0 Å². The molecule has 2 aliphatic carbocycles. The SMILES string of the molecule is CC1(c2ccccc2)c2ccccc2-c2cc(N(c3ccc(-c4ccc5c(ccc6ccccc65)c4)cc3)c3cccc4c3-c3ccccc3C4(c3ccccc3)c3ccccc3)ccc21. The molecule has 0 amide bonds. The number of anilines is 3. The van der Waals surface area contributed by atoms with Gasteiger partial charge in [-0.25, -0.2) is 0 Å². The second kappa shape index (κ2) is 14.9. The summed E-state index contributed by atoms with van der Waals surface area (Å²) < 4.78 is 0. The molecule has 0 radical (unpaired) electrons. The Balaban J connectivity index is 1.04. The van der Waals surface area contributed by atoms with Gasteiger partial charge >= 0.3 is 0 Å². The first-order valence-corrected chi connectivity index (χ1v) is 23.1. The average molecular weight is 840 g/mol. The van der Waals surface area contributed by atoms with Crippen molar-refractivity contribution in [2.45, 2.75) is 17.8 Å². The molecule has 2 aliphatic rings. The van der Waals surface area contributed by atoms with Gasteiger partial charge in [-0.2, -0.15) is 0 Å². The molecule has 0 saturated carbocycles. The van der Waals surface area contributed by atoms with Gasteiger partial charge < -0.3 is 4.90 Å². The molecule has 0 fully saturated rings. The van der Waals surface area contributed by atoms with Crippen molar-refractivity contribution in [2.75, 3.05) is 4.90 Å². The summed E-state index contributed by atoms with van der Waals surface area (Å²) in [6.07, 6.45) is 0. The Morgan fingerprint density at radius 3 is 1.61 bits per heavy atom. The summed E-state index contributed by atoms with van der Waals surface area (Å²) in [4.78, 5) is 2.51. The molecule has 11 aromatic rings. The van der Waals surface area contributed by atoms with Crippen molar-refractivity contribution in [1.29, 1.82) is 0 Å². The summed E-state index contributed by atoms with van der Waals surface area (Å²) >= 11 is 0. The molecule has 0 N–H and O–H groups in total. The van der Waals surface area contributed by atoms with Crippen LogP contribution in [-0.2, 0) is 10.8 Å². The first kappa shape index (κ1) is 38.2. The molecule has 0 saturated heterocycles. The Kier molecular flexibility index (Phi) is 8.63. The quantitative estimate of drug-likeness (QED) is 0.145. The van der Waals surface area contributed by atoms with E-state index in [1.54, 1.807) is 0 Å². The number of hydrogen-bond donors (Lipinski definition) is 0. The molecule has 310 valence electrons. The van der Waals surface area contributed by atoms with Crippen LogP contribution in [0, 0.1) is 0 Å². The highest BCUT2D eigenvalue weighted by atomic mass is 15.1. The molecule has 0 aromatic heterocycles. The van der Waals surface area contributed by atoms with Crippen LogP contribution in [-0.4, -0.2) is 0 Å². The summed E-state index contributed by atoms with van der Waals surface area (Å²) in [7, 11) is 0. The molecule has 1 atom stereocenters.